The van der Waals surface area contributed by atoms with Gasteiger partial charge in [0.05, 0.1) is 13.2 Å². The lowest BCUT2D eigenvalue weighted by Crippen LogP contribution is -2.47. The van der Waals surface area contributed by atoms with Crippen LogP contribution in [0.2, 0.25) is 0 Å². The van der Waals surface area contributed by atoms with E-state index in [9.17, 15) is 9.59 Å². The van der Waals surface area contributed by atoms with Gasteiger partial charge in [0.1, 0.15) is 11.9 Å². The molecule has 1 fully saturated rings. The van der Waals surface area contributed by atoms with Gasteiger partial charge in [0, 0.05) is 12.6 Å². The van der Waals surface area contributed by atoms with E-state index in [0.717, 1.165) is 36.8 Å². The number of hydrogen-bond donors (Lipinski definition) is 1. The van der Waals surface area contributed by atoms with E-state index in [0.29, 0.717) is 17.1 Å². The molecule has 190 valence electrons. The maximum atomic E-state index is 13.8. The zero-order chi connectivity index (χ0) is 25.4. The highest BCUT2D eigenvalue weighted by Crippen LogP contribution is 2.34. The van der Waals surface area contributed by atoms with E-state index in [2.05, 4.69) is 5.32 Å². The molecule has 1 aliphatic rings. The average Bonchev–Trinajstić information content (AvgIpc) is 2.85. The molecule has 0 saturated heterocycles. The van der Waals surface area contributed by atoms with Crippen molar-refractivity contribution in [1.29, 1.82) is 0 Å². The van der Waals surface area contributed by atoms with Gasteiger partial charge in [-0.2, -0.15) is 0 Å². The number of rotatable bonds is 10. The molecule has 1 N–H and O–H groups in total. The number of halogens is 1. The van der Waals surface area contributed by atoms with Crippen LogP contribution in [0.25, 0.3) is 0 Å². The third-order valence-corrected chi connectivity index (χ3v) is 6.51. The van der Waals surface area contributed by atoms with Crippen molar-refractivity contribution in [2.75, 3.05) is 13.0 Å². The number of hydrogen-bond acceptors (Lipinski definition) is 4. The Kier molecular flexibility index (Phi) is 9.84. The SMILES string of the molecule is COc1cc(C(C(=O)NC2CCCCC2)N(Cc2ccc(C)cc2)C(=O)CCl)ccc1OC(C)C. The summed E-state index contributed by atoms with van der Waals surface area (Å²) < 4.78 is 11.4. The van der Waals surface area contributed by atoms with Crippen LogP contribution in [0.4, 0.5) is 0 Å². The van der Waals surface area contributed by atoms with E-state index in [1.54, 1.807) is 24.1 Å². The van der Waals surface area contributed by atoms with Crippen LogP contribution in [0.5, 0.6) is 11.5 Å². The Morgan fingerprint density at radius 2 is 1.74 bits per heavy atom. The summed E-state index contributed by atoms with van der Waals surface area (Å²) in [5.74, 6) is 0.372. The van der Waals surface area contributed by atoms with Crippen molar-refractivity contribution >= 4 is 23.4 Å². The summed E-state index contributed by atoms with van der Waals surface area (Å²) in [4.78, 5) is 28.4. The number of benzene rings is 2. The molecule has 1 aliphatic carbocycles. The number of amides is 2. The molecule has 1 atom stereocenters. The predicted octanol–water partition coefficient (Wildman–Crippen LogP) is 5.55. The van der Waals surface area contributed by atoms with Crippen molar-refractivity contribution in [3.63, 3.8) is 0 Å². The van der Waals surface area contributed by atoms with Gasteiger partial charge in [-0.25, -0.2) is 0 Å². The first-order valence-corrected chi connectivity index (χ1v) is 12.9. The van der Waals surface area contributed by atoms with E-state index in [1.807, 2.05) is 51.1 Å². The predicted molar refractivity (Wildman–Crippen MR) is 139 cm³/mol. The summed E-state index contributed by atoms with van der Waals surface area (Å²) in [5.41, 5.74) is 2.70. The fraction of sp³-hybridized carbons (Fsp3) is 0.500. The number of nitrogens with one attached hydrogen (secondary N) is 1. The maximum absolute atomic E-state index is 13.8. The second kappa shape index (κ2) is 12.8. The highest BCUT2D eigenvalue weighted by atomic mass is 35.5. The van der Waals surface area contributed by atoms with Gasteiger partial charge in [-0.3, -0.25) is 9.59 Å². The first kappa shape index (κ1) is 26.9. The molecule has 2 aromatic rings. The van der Waals surface area contributed by atoms with Crippen LogP contribution in [0.3, 0.4) is 0 Å². The van der Waals surface area contributed by atoms with Gasteiger partial charge in [0.25, 0.3) is 0 Å². The van der Waals surface area contributed by atoms with Crippen molar-refractivity contribution in [3.05, 3.63) is 59.2 Å². The molecule has 2 amide bonds. The van der Waals surface area contributed by atoms with Crippen LogP contribution in [-0.4, -0.2) is 41.8 Å². The van der Waals surface area contributed by atoms with E-state index < -0.39 is 6.04 Å². The first-order chi connectivity index (χ1) is 16.8. The minimum absolute atomic E-state index is 0.0315. The van der Waals surface area contributed by atoms with Crippen molar-refractivity contribution in [3.8, 4) is 11.5 Å². The molecule has 0 aliphatic heterocycles. The van der Waals surface area contributed by atoms with Gasteiger partial charge in [-0.1, -0.05) is 55.2 Å². The topological polar surface area (TPSA) is 67.9 Å². The highest BCUT2D eigenvalue weighted by molar-refractivity contribution is 6.27. The minimum atomic E-state index is -0.855. The molecule has 3 rings (SSSR count). The molecule has 0 radical (unpaired) electrons. The Bertz CT molecular complexity index is 987. The van der Waals surface area contributed by atoms with Gasteiger partial charge in [0.15, 0.2) is 11.5 Å². The smallest absolute Gasteiger partial charge is 0.247 e. The van der Waals surface area contributed by atoms with Gasteiger partial charge in [0.2, 0.25) is 11.8 Å². The summed E-state index contributed by atoms with van der Waals surface area (Å²) in [5, 5.41) is 3.21. The Hall–Kier alpha value is -2.73. The molecule has 35 heavy (non-hydrogen) atoms. The number of alkyl halides is 1. The zero-order valence-electron chi connectivity index (χ0n) is 21.2. The third kappa shape index (κ3) is 7.38. The number of nitrogens with zero attached hydrogens (tertiary/aromatic N) is 1. The van der Waals surface area contributed by atoms with E-state index in [-0.39, 0.29) is 36.4 Å². The minimum Gasteiger partial charge on any atom is -0.493 e. The van der Waals surface area contributed by atoms with Crippen LogP contribution in [-0.2, 0) is 16.1 Å². The van der Waals surface area contributed by atoms with Crippen molar-refractivity contribution < 1.29 is 19.1 Å². The Morgan fingerprint density at radius 1 is 1.06 bits per heavy atom. The molecule has 7 heteroatoms. The van der Waals surface area contributed by atoms with Crippen LogP contribution >= 0.6 is 11.6 Å². The standard InChI is InChI=1S/C28H37ClN2O4/c1-19(2)35-24-15-14-22(16-25(24)34-4)27(28(33)30-23-8-6-5-7-9-23)31(26(32)17-29)18-21-12-10-20(3)11-13-21/h10-16,19,23,27H,5-9,17-18H2,1-4H3,(H,30,33). The molecule has 2 aromatic carbocycles. The summed E-state index contributed by atoms with van der Waals surface area (Å²) in [6.45, 7) is 6.16. The van der Waals surface area contributed by atoms with Crippen LogP contribution in [0.15, 0.2) is 42.5 Å². The lowest BCUT2D eigenvalue weighted by molar-refractivity contribution is -0.140. The van der Waals surface area contributed by atoms with Crippen LogP contribution in [0, 0.1) is 6.92 Å². The molecular weight excluding hydrogens is 464 g/mol. The Labute approximate surface area is 213 Å². The summed E-state index contributed by atoms with van der Waals surface area (Å²) >= 11 is 6.04. The fourth-order valence-corrected chi connectivity index (χ4v) is 4.65. The molecule has 1 saturated carbocycles. The molecule has 1 unspecified atom stereocenters. The number of ether oxygens (including phenoxy) is 2. The molecule has 0 bridgehead atoms. The number of aryl methyl sites for hydroxylation is 1. The first-order valence-electron chi connectivity index (χ1n) is 12.4. The molecular formula is C28H37ClN2O4. The molecule has 0 spiro atoms. The quantitative estimate of drug-likeness (QED) is 0.434. The number of carbonyl (C=O) groups is 2. The van der Waals surface area contributed by atoms with Crippen molar-refractivity contribution in [2.45, 2.75) is 77.6 Å². The van der Waals surface area contributed by atoms with E-state index in [4.69, 9.17) is 21.1 Å². The van der Waals surface area contributed by atoms with Crippen molar-refractivity contribution in [1.82, 2.24) is 10.2 Å². The average molecular weight is 501 g/mol. The fourth-order valence-electron chi connectivity index (χ4n) is 4.50. The normalized spacial score (nSPS) is 14.9. The summed E-state index contributed by atoms with van der Waals surface area (Å²) in [6, 6.07) is 12.6. The molecule has 0 heterocycles. The second-order valence-electron chi connectivity index (χ2n) is 9.46. The van der Waals surface area contributed by atoms with E-state index >= 15 is 0 Å². The molecule has 0 aromatic heterocycles. The second-order valence-corrected chi connectivity index (χ2v) is 9.73. The Balaban J connectivity index is 2.01. The number of carbonyl (C=O) groups excluding carboxylic acids is 2. The monoisotopic (exact) mass is 500 g/mol. The van der Waals surface area contributed by atoms with E-state index in [1.165, 1.54) is 6.42 Å². The van der Waals surface area contributed by atoms with Crippen LogP contribution < -0.4 is 14.8 Å². The summed E-state index contributed by atoms with van der Waals surface area (Å²) in [6.07, 6.45) is 5.25. The van der Waals surface area contributed by atoms with Gasteiger partial charge in [-0.15, -0.1) is 11.6 Å². The lowest BCUT2D eigenvalue weighted by atomic mass is 9.94. The largest absolute Gasteiger partial charge is 0.493 e. The lowest BCUT2D eigenvalue weighted by Gasteiger charge is -2.33. The maximum Gasteiger partial charge on any atom is 0.247 e. The van der Waals surface area contributed by atoms with Crippen molar-refractivity contribution in [2.24, 2.45) is 0 Å². The Morgan fingerprint density at radius 3 is 2.34 bits per heavy atom. The van der Waals surface area contributed by atoms with Gasteiger partial charge in [-0.05, 0) is 56.9 Å². The third-order valence-electron chi connectivity index (χ3n) is 6.29. The summed E-state index contributed by atoms with van der Waals surface area (Å²) in [7, 11) is 1.57. The molecule has 6 nitrogen and oxygen atoms in total. The number of methoxy groups -OCH3 is 1. The van der Waals surface area contributed by atoms with Crippen LogP contribution in [0.1, 0.15) is 68.7 Å². The van der Waals surface area contributed by atoms with Gasteiger partial charge >= 0.3 is 0 Å². The zero-order valence-corrected chi connectivity index (χ0v) is 21.9. The highest BCUT2D eigenvalue weighted by Gasteiger charge is 2.33. The van der Waals surface area contributed by atoms with Gasteiger partial charge < -0.3 is 19.7 Å².